The number of fused-ring (bicyclic) bond motifs is 1. The van der Waals surface area contributed by atoms with Crippen molar-refractivity contribution >= 4 is 23.1 Å². The molecular formula is C23H22N4O3. The van der Waals surface area contributed by atoms with E-state index < -0.39 is 0 Å². The fourth-order valence-electron chi connectivity index (χ4n) is 3.22. The number of nitrogens with zero attached hydrogens (tertiary/aromatic N) is 3. The monoisotopic (exact) mass is 402 g/mol. The molecule has 2 aromatic heterocycles. The van der Waals surface area contributed by atoms with E-state index in [0.717, 1.165) is 17.0 Å². The lowest BCUT2D eigenvalue weighted by Gasteiger charge is -2.23. The van der Waals surface area contributed by atoms with E-state index in [1.807, 2.05) is 59.1 Å². The van der Waals surface area contributed by atoms with Crippen LogP contribution in [0.2, 0.25) is 0 Å². The van der Waals surface area contributed by atoms with Crippen molar-refractivity contribution in [2.45, 2.75) is 6.54 Å². The second-order valence-electron chi connectivity index (χ2n) is 6.63. The number of para-hydroxylation sites is 1. The lowest BCUT2D eigenvalue weighted by Crippen LogP contribution is -2.34. The fourth-order valence-corrected chi connectivity index (χ4v) is 3.22. The highest BCUT2D eigenvalue weighted by Gasteiger charge is 2.19. The summed E-state index contributed by atoms with van der Waals surface area (Å²) in [4.78, 5) is 19.4. The van der Waals surface area contributed by atoms with E-state index in [4.69, 9.17) is 9.47 Å². The van der Waals surface area contributed by atoms with Gasteiger partial charge in [0.25, 0.3) is 0 Å². The molecule has 4 aromatic rings. The standard InChI is InChI=1S/C23H22N4O3/c1-29-20-12-17(13-21(14-20)30-2)25-23(28)27(18-8-4-3-5-9-18)16-19-15-24-22-10-6-7-11-26(19)22/h3-15H,16H2,1-2H3,(H,25,28). The van der Waals surface area contributed by atoms with Crippen LogP contribution in [0.25, 0.3) is 5.65 Å². The first kappa shape index (κ1) is 19.3. The Hall–Kier alpha value is -4.00. The summed E-state index contributed by atoms with van der Waals surface area (Å²) in [5.74, 6) is 1.19. The zero-order valence-corrected chi connectivity index (χ0v) is 16.8. The number of carbonyl (C=O) groups is 1. The Bertz CT molecular complexity index is 1140. The van der Waals surface area contributed by atoms with Crippen molar-refractivity contribution < 1.29 is 14.3 Å². The number of methoxy groups -OCH3 is 2. The van der Waals surface area contributed by atoms with Crippen molar-refractivity contribution in [2.75, 3.05) is 24.4 Å². The number of anilines is 2. The molecule has 0 saturated carbocycles. The summed E-state index contributed by atoms with van der Waals surface area (Å²) in [5.41, 5.74) is 3.08. The van der Waals surface area contributed by atoms with Crippen molar-refractivity contribution in [2.24, 2.45) is 0 Å². The van der Waals surface area contributed by atoms with E-state index in [1.54, 1.807) is 43.5 Å². The van der Waals surface area contributed by atoms with Crippen molar-refractivity contribution in [3.8, 4) is 11.5 Å². The van der Waals surface area contributed by atoms with Gasteiger partial charge in [-0.05, 0) is 24.3 Å². The van der Waals surface area contributed by atoms with E-state index in [-0.39, 0.29) is 6.03 Å². The predicted octanol–water partition coefficient (Wildman–Crippen LogP) is 4.59. The van der Waals surface area contributed by atoms with Crippen LogP contribution in [-0.4, -0.2) is 29.6 Å². The molecule has 7 nitrogen and oxygen atoms in total. The summed E-state index contributed by atoms with van der Waals surface area (Å²) in [6, 6.07) is 20.3. The van der Waals surface area contributed by atoms with Gasteiger partial charge < -0.3 is 19.2 Å². The second kappa shape index (κ2) is 8.57. The topological polar surface area (TPSA) is 68.1 Å². The van der Waals surface area contributed by atoms with Crippen LogP contribution in [0.15, 0.2) is 79.1 Å². The highest BCUT2D eigenvalue weighted by Crippen LogP contribution is 2.27. The van der Waals surface area contributed by atoms with Crippen LogP contribution in [0.4, 0.5) is 16.2 Å². The third kappa shape index (κ3) is 4.05. The van der Waals surface area contributed by atoms with Gasteiger partial charge in [-0.25, -0.2) is 9.78 Å². The Morgan fingerprint density at radius 1 is 1.00 bits per heavy atom. The molecule has 2 heterocycles. The molecule has 0 spiro atoms. The lowest BCUT2D eigenvalue weighted by molar-refractivity contribution is 0.256. The van der Waals surface area contributed by atoms with Crippen molar-refractivity contribution in [1.82, 2.24) is 9.38 Å². The van der Waals surface area contributed by atoms with Crippen LogP contribution < -0.4 is 19.7 Å². The molecular weight excluding hydrogens is 380 g/mol. The van der Waals surface area contributed by atoms with Gasteiger partial charge in [0.15, 0.2) is 0 Å². The molecule has 2 amide bonds. The van der Waals surface area contributed by atoms with Crippen LogP contribution in [0, 0.1) is 0 Å². The molecule has 2 aromatic carbocycles. The Kier molecular flexibility index (Phi) is 5.52. The van der Waals surface area contributed by atoms with Gasteiger partial charge in [0.2, 0.25) is 0 Å². The van der Waals surface area contributed by atoms with E-state index in [0.29, 0.717) is 23.7 Å². The number of pyridine rings is 1. The van der Waals surface area contributed by atoms with Crippen molar-refractivity contribution in [1.29, 1.82) is 0 Å². The number of hydrogen-bond donors (Lipinski definition) is 1. The van der Waals surface area contributed by atoms with Crippen LogP contribution in [0.1, 0.15) is 5.69 Å². The number of benzene rings is 2. The summed E-state index contributed by atoms with van der Waals surface area (Å²) in [6.07, 6.45) is 3.72. The third-order valence-electron chi connectivity index (χ3n) is 4.73. The summed E-state index contributed by atoms with van der Waals surface area (Å²) in [7, 11) is 3.14. The molecule has 1 N–H and O–H groups in total. The summed E-state index contributed by atoms with van der Waals surface area (Å²) < 4.78 is 12.6. The lowest BCUT2D eigenvalue weighted by atomic mass is 10.2. The Balaban J connectivity index is 1.65. The highest BCUT2D eigenvalue weighted by molar-refractivity contribution is 6.01. The molecule has 0 fully saturated rings. The summed E-state index contributed by atoms with van der Waals surface area (Å²) in [5, 5.41) is 2.95. The van der Waals surface area contributed by atoms with Gasteiger partial charge in [0, 0.05) is 35.8 Å². The molecule has 0 saturated heterocycles. The van der Waals surface area contributed by atoms with Gasteiger partial charge in [-0.3, -0.25) is 4.90 Å². The molecule has 7 heteroatoms. The number of hydrogen-bond acceptors (Lipinski definition) is 4. The number of carbonyl (C=O) groups excluding carboxylic acids is 1. The van der Waals surface area contributed by atoms with Crippen molar-refractivity contribution in [3.63, 3.8) is 0 Å². The first-order valence-electron chi connectivity index (χ1n) is 9.45. The minimum absolute atomic E-state index is 0.276. The van der Waals surface area contributed by atoms with E-state index in [2.05, 4.69) is 10.3 Å². The molecule has 152 valence electrons. The van der Waals surface area contributed by atoms with Crippen LogP contribution >= 0.6 is 0 Å². The zero-order chi connectivity index (χ0) is 20.9. The molecule has 0 aliphatic carbocycles. The van der Waals surface area contributed by atoms with Gasteiger partial charge in [0.1, 0.15) is 17.1 Å². The van der Waals surface area contributed by atoms with Gasteiger partial charge in [0.05, 0.1) is 32.7 Å². The zero-order valence-electron chi connectivity index (χ0n) is 16.8. The van der Waals surface area contributed by atoms with Gasteiger partial charge in [-0.1, -0.05) is 24.3 Å². The average molecular weight is 402 g/mol. The molecule has 0 radical (unpaired) electrons. The van der Waals surface area contributed by atoms with Gasteiger partial charge in [-0.2, -0.15) is 0 Å². The van der Waals surface area contributed by atoms with Crippen molar-refractivity contribution in [3.05, 3.63) is 84.8 Å². The normalized spacial score (nSPS) is 10.6. The summed E-state index contributed by atoms with van der Waals surface area (Å²) in [6.45, 7) is 0.349. The minimum atomic E-state index is -0.276. The number of urea groups is 1. The SMILES string of the molecule is COc1cc(NC(=O)N(Cc2cnc3ccccn23)c2ccccc2)cc(OC)c1. The number of nitrogens with one attached hydrogen (secondary N) is 1. The summed E-state index contributed by atoms with van der Waals surface area (Å²) >= 11 is 0. The molecule has 0 atom stereocenters. The first-order valence-corrected chi connectivity index (χ1v) is 9.45. The molecule has 0 unspecified atom stereocenters. The fraction of sp³-hybridized carbons (Fsp3) is 0.130. The first-order chi connectivity index (χ1) is 14.7. The molecule has 0 aliphatic heterocycles. The average Bonchev–Trinajstić information content (AvgIpc) is 3.20. The van der Waals surface area contributed by atoms with E-state index in [1.165, 1.54) is 0 Å². The Morgan fingerprint density at radius 2 is 1.70 bits per heavy atom. The van der Waals surface area contributed by atoms with Crippen LogP contribution in [0.3, 0.4) is 0 Å². The number of amides is 2. The largest absolute Gasteiger partial charge is 0.497 e. The molecule has 0 bridgehead atoms. The maximum Gasteiger partial charge on any atom is 0.326 e. The smallest absolute Gasteiger partial charge is 0.326 e. The number of rotatable bonds is 6. The molecule has 30 heavy (non-hydrogen) atoms. The quantitative estimate of drug-likeness (QED) is 0.512. The van der Waals surface area contributed by atoms with Crippen LogP contribution in [-0.2, 0) is 6.54 Å². The predicted molar refractivity (Wildman–Crippen MR) is 116 cm³/mol. The van der Waals surface area contributed by atoms with E-state index in [9.17, 15) is 4.79 Å². The van der Waals surface area contributed by atoms with Gasteiger partial charge in [-0.15, -0.1) is 0 Å². The Labute approximate surface area is 174 Å². The Morgan fingerprint density at radius 3 is 2.40 bits per heavy atom. The number of ether oxygens (including phenoxy) is 2. The number of aromatic nitrogens is 2. The highest BCUT2D eigenvalue weighted by atomic mass is 16.5. The number of imidazole rings is 1. The molecule has 0 aliphatic rings. The molecule has 4 rings (SSSR count). The van der Waals surface area contributed by atoms with Crippen LogP contribution in [0.5, 0.6) is 11.5 Å². The maximum absolute atomic E-state index is 13.3. The second-order valence-corrected chi connectivity index (χ2v) is 6.63. The van der Waals surface area contributed by atoms with E-state index >= 15 is 0 Å². The van der Waals surface area contributed by atoms with Gasteiger partial charge >= 0.3 is 6.03 Å². The maximum atomic E-state index is 13.3. The third-order valence-corrected chi connectivity index (χ3v) is 4.73. The minimum Gasteiger partial charge on any atom is -0.497 e.